The second kappa shape index (κ2) is 11.3. The Morgan fingerprint density at radius 2 is 2.08 bits per heavy atom. The summed E-state index contributed by atoms with van der Waals surface area (Å²) in [5.41, 5.74) is 1.09. The molecule has 0 aromatic carbocycles. The third-order valence-corrected chi connectivity index (χ3v) is 6.54. The molecule has 1 atom stereocenters. The molecule has 0 bridgehead atoms. The lowest BCUT2D eigenvalue weighted by Gasteiger charge is -2.45. The molecule has 2 aliphatic heterocycles. The number of pyridine rings is 1. The number of aromatic nitrogens is 3. The number of nitrogens with zero attached hydrogens (tertiary/aromatic N) is 6. The van der Waals surface area contributed by atoms with E-state index >= 15 is 0 Å². The van der Waals surface area contributed by atoms with E-state index in [-0.39, 0.29) is 17.4 Å². The minimum Gasteiger partial charge on any atom is -0.472 e. The monoisotopic (exact) mass is 525 g/mol. The third-order valence-electron chi connectivity index (χ3n) is 6.54. The second-order valence-electron chi connectivity index (χ2n) is 9.63. The maximum absolute atomic E-state index is 13.5. The number of aliphatic imine (C=N–C) groups is 1. The van der Waals surface area contributed by atoms with Gasteiger partial charge in [-0.1, -0.05) is 0 Å². The summed E-state index contributed by atoms with van der Waals surface area (Å²) < 4.78 is 35.5. The Kier molecular flexibility index (Phi) is 8.08. The number of allylic oxidation sites excluding steroid dienone is 1. The van der Waals surface area contributed by atoms with E-state index in [9.17, 15) is 18.8 Å². The Hall–Kier alpha value is -3.82. The van der Waals surface area contributed by atoms with Crippen LogP contribution in [0.15, 0.2) is 41.3 Å². The molecule has 2 aromatic heterocycles. The molecule has 0 spiro atoms. The lowest BCUT2D eigenvalue weighted by molar-refractivity contribution is -0.00621. The topological polar surface area (TPSA) is 126 Å². The average molecular weight is 526 g/mol. The van der Waals surface area contributed by atoms with Gasteiger partial charge in [0, 0.05) is 43.7 Å². The fourth-order valence-corrected chi connectivity index (χ4v) is 4.26. The minimum absolute atomic E-state index is 0.0978. The predicted molar refractivity (Wildman–Crippen MR) is 135 cm³/mol. The number of carbonyl (C=O) groups excluding carboxylic acids is 1. The van der Waals surface area contributed by atoms with E-state index in [2.05, 4.69) is 36.5 Å². The normalized spacial score (nSPS) is 20.3. The quantitative estimate of drug-likeness (QED) is 0.558. The highest BCUT2D eigenvalue weighted by Crippen LogP contribution is 2.35. The molecule has 4 heterocycles. The summed E-state index contributed by atoms with van der Waals surface area (Å²) >= 11 is 0. The van der Waals surface area contributed by atoms with Gasteiger partial charge in [-0.2, -0.15) is 15.5 Å². The molecule has 12 heteroatoms. The van der Waals surface area contributed by atoms with Gasteiger partial charge in [-0.3, -0.25) is 14.7 Å². The molecule has 1 fully saturated rings. The highest BCUT2D eigenvalue weighted by Gasteiger charge is 2.41. The van der Waals surface area contributed by atoms with Crippen LogP contribution in [-0.2, 0) is 10.2 Å². The lowest BCUT2D eigenvalue weighted by atomic mass is 9.89. The Morgan fingerprint density at radius 1 is 1.32 bits per heavy atom. The number of alkyl halides is 2. The maximum atomic E-state index is 13.5. The second-order valence-corrected chi connectivity index (χ2v) is 9.63. The van der Waals surface area contributed by atoms with E-state index in [1.165, 1.54) is 12.3 Å². The van der Waals surface area contributed by atoms with E-state index in [1.54, 1.807) is 38.4 Å². The number of ether oxygens (including phenoxy) is 2. The molecule has 10 nitrogen and oxygen atoms in total. The Balaban J connectivity index is 1.63. The number of nitrogens with one attached hydrogen (secondary N) is 1. The van der Waals surface area contributed by atoms with E-state index in [4.69, 9.17) is 9.47 Å². The van der Waals surface area contributed by atoms with Gasteiger partial charge < -0.3 is 14.8 Å². The molecule has 4 rings (SSSR count). The van der Waals surface area contributed by atoms with Crippen molar-refractivity contribution in [2.24, 2.45) is 4.99 Å². The fraction of sp³-hybridized carbons (Fsp3) is 0.462. The number of halogens is 2. The first kappa shape index (κ1) is 27.2. The van der Waals surface area contributed by atoms with Crippen LogP contribution in [0.4, 0.5) is 8.78 Å². The molecule has 38 heavy (non-hydrogen) atoms. The molecule has 0 aliphatic carbocycles. The standard InChI is InChI=1S/C26H29F2N7O3/c1-17-20(18-4-5-23(30-12-18)38-14-22(27)28)11-26(16-31-17,35-6-8-37-9-7-35)33-24(36)19-10-21(34-32-13-19)25(2,3)15-29/h4-5,10,12-13,16,22H,6-9,11,14H2,1-3H3,(H,33,36). The van der Waals surface area contributed by atoms with Crippen LogP contribution in [0.3, 0.4) is 0 Å². The van der Waals surface area contributed by atoms with E-state index in [1.807, 2.05) is 6.92 Å². The number of hydrogen-bond donors (Lipinski definition) is 1. The summed E-state index contributed by atoms with van der Waals surface area (Å²) in [5, 5.41) is 20.6. The smallest absolute Gasteiger partial charge is 0.272 e. The lowest BCUT2D eigenvalue weighted by Crippen LogP contribution is -2.65. The third kappa shape index (κ3) is 6.00. The van der Waals surface area contributed by atoms with Crippen molar-refractivity contribution < 1.29 is 23.0 Å². The van der Waals surface area contributed by atoms with Crippen molar-refractivity contribution in [1.29, 1.82) is 5.26 Å². The van der Waals surface area contributed by atoms with Crippen LogP contribution in [0.2, 0.25) is 0 Å². The molecule has 0 radical (unpaired) electrons. The first-order chi connectivity index (χ1) is 18.1. The van der Waals surface area contributed by atoms with Gasteiger partial charge in [-0.15, -0.1) is 0 Å². The van der Waals surface area contributed by atoms with Gasteiger partial charge in [0.25, 0.3) is 12.3 Å². The minimum atomic E-state index is -2.59. The molecule has 2 aromatic rings. The van der Waals surface area contributed by atoms with Crippen LogP contribution < -0.4 is 10.1 Å². The molecular weight excluding hydrogens is 496 g/mol. The van der Waals surface area contributed by atoms with Crippen LogP contribution in [-0.4, -0.2) is 77.2 Å². The van der Waals surface area contributed by atoms with Gasteiger partial charge in [-0.05, 0) is 44.0 Å². The summed E-state index contributed by atoms with van der Waals surface area (Å²) in [5.74, 6) is -0.291. The zero-order chi connectivity index (χ0) is 27.3. The van der Waals surface area contributed by atoms with Crippen LogP contribution in [0, 0.1) is 11.3 Å². The van der Waals surface area contributed by atoms with Crippen LogP contribution in [0.25, 0.3) is 5.57 Å². The Morgan fingerprint density at radius 3 is 2.74 bits per heavy atom. The van der Waals surface area contributed by atoms with Crippen molar-refractivity contribution >= 4 is 17.7 Å². The number of carbonyl (C=O) groups is 1. The predicted octanol–water partition coefficient (Wildman–Crippen LogP) is 2.98. The van der Waals surface area contributed by atoms with Gasteiger partial charge in [0.1, 0.15) is 5.66 Å². The van der Waals surface area contributed by atoms with Crippen LogP contribution in [0.1, 0.15) is 48.8 Å². The number of hydrogen-bond acceptors (Lipinski definition) is 9. The summed E-state index contributed by atoms with van der Waals surface area (Å²) in [6, 6.07) is 7.02. The van der Waals surface area contributed by atoms with Crippen LogP contribution in [0.5, 0.6) is 5.88 Å². The van der Waals surface area contributed by atoms with Crippen molar-refractivity contribution in [1.82, 2.24) is 25.4 Å². The zero-order valence-electron chi connectivity index (χ0n) is 21.4. The molecule has 1 saturated heterocycles. The molecular formula is C26H29F2N7O3. The average Bonchev–Trinajstić information content (AvgIpc) is 2.94. The van der Waals surface area contributed by atoms with Crippen molar-refractivity contribution in [3.63, 3.8) is 0 Å². The van der Waals surface area contributed by atoms with Gasteiger partial charge in [0.15, 0.2) is 6.61 Å². The number of amides is 1. The molecule has 200 valence electrons. The molecule has 1 unspecified atom stereocenters. The number of nitriles is 1. The molecule has 1 N–H and O–H groups in total. The van der Waals surface area contributed by atoms with Gasteiger partial charge in [-0.25, -0.2) is 13.8 Å². The summed E-state index contributed by atoms with van der Waals surface area (Å²) in [4.78, 5) is 24.4. The first-order valence-electron chi connectivity index (χ1n) is 12.2. The van der Waals surface area contributed by atoms with E-state index in [0.717, 1.165) is 16.8 Å². The summed E-state index contributed by atoms with van der Waals surface area (Å²) in [6.45, 7) is 6.68. The van der Waals surface area contributed by atoms with Crippen molar-refractivity contribution in [3.05, 3.63) is 53.1 Å². The van der Waals surface area contributed by atoms with Crippen molar-refractivity contribution in [2.45, 2.75) is 44.7 Å². The van der Waals surface area contributed by atoms with Gasteiger partial charge >= 0.3 is 0 Å². The Bertz CT molecular complexity index is 1270. The fourth-order valence-electron chi connectivity index (χ4n) is 4.26. The number of morpholine rings is 1. The van der Waals surface area contributed by atoms with Gasteiger partial charge in [0.2, 0.25) is 5.88 Å². The molecule has 1 amide bonds. The molecule has 2 aliphatic rings. The van der Waals surface area contributed by atoms with Gasteiger partial charge in [0.05, 0.1) is 42.2 Å². The summed E-state index contributed by atoms with van der Waals surface area (Å²) in [7, 11) is 0. The Labute approximate surface area is 219 Å². The molecule has 0 saturated carbocycles. The zero-order valence-corrected chi connectivity index (χ0v) is 21.4. The number of rotatable bonds is 8. The summed E-state index contributed by atoms with van der Waals surface area (Å²) in [6.07, 6.45) is 2.43. The first-order valence-corrected chi connectivity index (χ1v) is 12.2. The van der Waals surface area contributed by atoms with Crippen LogP contribution >= 0.6 is 0 Å². The maximum Gasteiger partial charge on any atom is 0.272 e. The highest BCUT2D eigenvalue weighted by molar-refractivity contribution is 5.97. The van der Waals surface area contributed by atoms with Crippen molar-refractivity contribution in [3.8, 4) is 11.9 Å². The van der Waals surface area contributed by atoms with E-state index in [0.29, 0.717) is 38.4 Å². The van der Waals surface area contributed by atoms with Crippen molar-refractivity contribution in [2.75, 3.05) is 32.9 Å². The highest BCUT2D eigenvalue weighted by atomic mass is 19.3. The SMILES string of the molecule is CC1=C(c2ccc(OCC(F)F)nc2)CC(NC(=O)c2cnnc(C(C)(C)C#N)c2)(N2CCOCC2)C=N1. The largest absolute Gasteiger partial charge is 0.472 e. The van der Waals surface area contributed by atoms with E-state index < -0.39 is 24.1 Å².